The first-order valence-corrected chi connectivity index (χ1v) is 9.93. The van der Waals surface area contributed by atoms with Crippen molar-refractivity contribution in [1.82, 2.24) is 9.78 Å². The van der Waals surface area contributed by atoms with Crippen molar-refractivity contribution in [3.63, 3.8) is 0 Å². The number of aryl methyl sites for hydroxylation is 1. The molecule has 1 aromatic carbocycles. The fourth-order valence-corrected chi connectivity index (χ4v) is 3.61. The SMILES string of the molecule is O=C(O)CCn1cc(C=CC(=O)c2cccs2)c(-c2ccc3c(c2)OCCO3)n1. The summed E-state index contributed by atoms with van der Waals surface area (Å²) in [4.78, 5) is 23.9. The molecule has 1 aliphatic heterocycles. The molecule has 0 aliphatic carbocycles. The molecule has 1 N–H and O–H groups in total. The highest BCUT2D eigenvalue weighted by atomic mass is 32.1. The van der Waals surface area contributed by atoms with Gasteiger partial charge in [-0.3, -0.25) is 14.3 Å². The lowest BCUT2D eigenvalue weighted by Crippen LogP contribution is -2.15. The Morgan fingerprint density at radius 1 is 1.21 bits per heavy atom. The Kier molecular flexibility index (Phi) is 5.44. The predicted octanol–water partition coefficient (Wildman–Crippen LogP) is 3.75. The van der Waals surface area contributed by atoms with Gasteiger partial charge in [-0.15, -0.1) is 11.3 Å². The lowest BCUT2D eigenvalue weighted by Gasteiger charge is -2.18. The zero-order valence-corrected chi connectivity index (χ0v) is 16.2. The minimum Gasteiger partial charge on any atom is -0.486 e. The lowest BCUT2D eigenvalue weighted by atomic mass is 10.1. The van der Waals surface area contributed by atoms with Crippen molar-refractivity contribution in [2.45, 2.75) is 13.0 Å². The molecule has 0 unspecified atom stereocenters. The van der Waals surface area contributed by atoms with E-state index < -0.39 is 5.97 Å². The molecule has 0 bridgehead atoms. The molecular formula is C21H18N2O5S. The lowest BCUT2D eigenvalue weighted by molar-refractivity contribution is -0.137. The summed E-state index contributed by atoms with van der Waals surface area (Å²) in [5.74, 6) is 0.325. The second-order valence-electron chi connectivity index (χ2n) is 6.37. The summed E-state index contributed by atoms with van der Waals surface area (Å²) in [6, 6.07) is 9.14. The molecular weight excluding hydrogens is 392 g/mol. The molecule has 4 rings (SSSR count). The minimum atomic E-state index is -0.897. The normalized spacial score (nSPS) is 13.0. The average Bonchev–Trinajstić information content (AvgIpc) is 3.40. The smallest absolute Gasteiger partial charge is 0.305 e. The molecule has 2 aromatic heterocycles. The molecule has 3 heterocycles. The molecule has 29 heavy (non-hydrogen) atoms. The number of fused-ring (bicyclic) bond motifs is 1. The predicted molar refractivity (Wildman–Crippen MR) is 109 cm³/mol. The Bertz CT molecular complexity index is 1070. The number of carboxylic acids is 1. The highest BCUT2D eigenvalue weighted by Gasteiger charge is 2.16. The van der Waals surface area contributed by atoms with E-state index in [2.05, 4.69) is 5.10 Å². The van der Waals surface area contributed by atoms with Crippen LogP contribution in [-0.4, -0.2) is 39.9 Å². The number of hydrogen-bond acceptors (Lipinski definition) is 6. The van der Waals surface area contributed by atoms with Crippen LogP contribution in [0.15, 0.2) is 48.0 Å². The van der Waals surface area contributed by atoms with Crippen LogP contribution in [0.5, 0.6) is 11.5 Å². The van der Waals surface area contributed by atoms with Gasteiger partial charge in [-0.2, -0.15) is 5.10 Å². The van der Waals surface area contributed by atoms with Crippen molar-refractivity contribution in [1.29, 1.82) is 0 Å². The molecule has 7 nitrogen and oxygen atoms in total. The van der Waals surface area contributed by atoms with Crippen LogP contribution in [0.1, 0.15) is 21.7 Å². The number of ether oxygens (including phenoxy) is 2. The van der Waals surface area contributed by atoms with E-state index in [9.17, 15) is 9.59 Å². The number of benzene rings is 1. The van der Waals surface area contributed by atoms with Gasteiger partial charge in [0.05, 0.1) is 23.5 Å². The third-order valence-electron chi connectivity index (χ3n) is 4.34. The van der Waals surface area contributed by atoms with Crippen molar-refractivity contribution in [2.75, 3.05) is 13.2 Å². The number of carboxylic acid groups (broad SMARTS) is 1. The van der Waals surface area contributed by atoms with Crippen LogP contribution in [0, 0.1) is 0 Å². The zero-order valence-electron chi connectivity index (χ0n) is 15.4. The first-order chi connectivity index (χ1) is 14.1. The molecule has 0 atom stereocenters. The van der Waals surface area contributed by atoms with Gasteiger partial charge in [0.15, 0.2) is 17.3 Å². The number of aromatic nitrogens is 2. The Hall–Kier alpha value is -3.39. The van der Waals surface area contributed by atoms with Crippen LogP contribution in [0.25, 0.3) is 17.3 Å². The van der Waals surface area contributed by atoms with E-state index in [1.54, 1.807) is 23.0 Å². The largest absolute Gasteiger partial charge is 0.486 e. The van der Waals surface area contributed by atoms with Crippen molar-refractivity contribution in [3.8, 4) is 22.8 Å². The molecule has 1 aliphatic rings. The molecule has 0 fully saturated rings. The Morgan fingerprint density at radius 2 is 2.03 bits per heavy atom. The first-order valence-electron chi connectivity index (χ1n) is 9.05. The van der Waals surface area contributed by atoms with Gasteiger partial charge in [0, 0.05) is 17.3 Å². The highest BCUT2D eigenvalue weighted by Crippen LogP contribution is 2.35. The number of thiophene rings is 1. The first kappa shape index (κ1) is 18.9. The standard InChI is InChI=1S/C21H18N2O5S/c24-16(19-2-1-11-29-19)5-3-15-13-23(8-7-20(25)26)22-21(15)14-4-6-17-18(12-14)28-10-9-27-17/h1-6,11-13H,7-10H2,(H,25,26). The fraction of sp³-hybridized carbons (Fsp3) is 0.190. The maximum absolute atomic E-state index is 12.3. The zero-order chi connectivity index (χ0) is 20.2. The molecule has 3 aromatic rings. The fourth-order valence-electron chi connectivity index (χ4n) is 2.96. The molecule has 148 valence electrons. The number of carbonyl (C=O) groups excluding carboxylic acids is 1. The summed E-state index contributed by atoms with van der Waals surface area (Å²) in [5.41, 5.74) is 2.16. The molecule has 8 heteroatoms. The third kappa shape index (κ3) is 4.38. The number of allylic oxidation sites excluding steroid dienone is 1. The molecule has 0 spiro atoms. The van der Waals surface area contributed by atoms with E-state index in [4.69, 9.17) is 14.6 Å². The molecule has 0 saturated heterocycles. The quantitative estimate of drug-likeness (QED) is 0.471. The van der Waals surface area contributed by atoms with E-state index in [-0.39, 0.29) is 18.7 Å². The molecule has 0 radical (unpaired) electrons. The third-order valence-corrected chi connectivity index (χ3v) is 5.22. The summed E-state index contributed by atoms with van der Waals surface area (Å²) in [6.45, 7) is 1.22. The number of aliphatic carboxylic acids is 1. The monoisotopic (exact) mass is 410 g/mol. The van der Waals surface area contributed by atoms with Crippen LogP contribution in [0.2, 0.25) is 0 Å². The summed E-state index contributed by atoms with van der Waals surface area (Å²) in [6.07, 6.45) is 4.91. The van der Waals surface area contributed by atoms with E-state index in [0.717, 1.165) is 11.1 Å². The van der Waals surface area contributed by atoms with Crippen molar-refractivity contribution >= 4 is 29.2 Å². The second kappa shape index (κ2) is 8.32. The Balaban J connectivity index is 1.67. The summed E-state index contributed by atoms with van der Waals surface area (Å²) >= 11 is 1.38. The number of nitrogens with zero attached hydrogens (tertiary/aromatic N) is 2. The molecule has 0 amide bonds. The summed E-state index contributed by atoms with van der Waals surface area (Å²) in [5, 5.41) is 15.3. The number of carbonyl (C=O) groups is 2. The summed E-state index contributed by atoms with van der Waals surface area (Å²) < 4.78 is 12.8. The van der Waals surface area contributed by atoms with Gasteiger partial charge in [-0.05, 0) is 41.8 Å². The number of hydrogen-bond donors (Lipinski definition) is 1. The van der Waals surface area contributed by atoms with Gasteiger partial charge >= 0.3 is 5.97 Å². The average molecular weight is 410 g/mol. The van der Waals surface area contributed by atoms with Crippen molar-refractivity contribution in [3.05, 3.63) is 58.4 Å². The van der Waals surface area contributed by atoms with E-state index in [1.807, 2.05) is 29.6 Å². The van der Waals surface area contributed by atoms with Gasteiger partial charge in [-0.25, -0.2) is 0 Å². The van der Waals surface area contributed by atoms with Crippen LogP contribution in [0.3, 0.4) is 0 Å². The van der Waals surface area contributed by atoms with E-state index in [0.29, 0.717) is 35.3 Å². The topological polar surface area (TPSA) is 90.7 Å². The van der Waals surface area contributed by atoms with Gasteiger partial charge < -0.3 is 14.6 Å². The highest BCUT2D eigenvalue weighted by molar-refractivity contribution is 7.12. The van der Waals surface area contributed by atoms with Crippen LogP contribution < -0.4 is 9.47 Å². The minimum absolute atomic E-state index is 0.0421. The van der Waals surface area contributed by atoms with Gasteiger partial charge in [0.25, 0.3) is 0 Å². The van der Waals surface area contributed by atoms with Crippen molar-refractivity contribution < 1.29 is 24.2 Å². The van der Waals surface area contributed by atoms with Crippen LogP contribution in [0.4, 0.5) is 0 Å². The second-order valence-corrected chi connectivity index (χ2v) is 7.32. The van der Waals surface area contributed by atoms with E-state index >= 15 is 0 Å². The van der Waals surface area contributed by atoms with Crippen LogP contribution >= 0.6 is 11.3 Å². The maximum atomic E-state index is 12.3. The van der Waals surface area contributed by atoms with Gasteiger partial charge in [0.2, 0.25) is 0 Å². The van der Waals surface area contributed by atoms with Crippen molar-refractivity contribution in [2.24, 2.45) is 0 Å². The van der Waals surface area contributed by atoms with Crippen LogP contribution in [-0.2, 0) is 11.3 Å². The Labute approximate surface area is 170 Å². The maximum Gasteiger partial charge on any atom is 0.305 e. The van der Waals surface area contributed by atoms with Gasteiger partial charge in [0.1, 0.15) is 13.2 Å². The Morgan fingerprint density at radius 3 is 2.79 bits per heavy atom. The summed E-state index contributed by atoms with van der Waals surface area (Å²) in [7, 11) is 0. The number of rotatable bonds is 7. The van der Waals surface area contributed by atoms with Gasteiger partial charge in [-0.1, -0.05) is 6.07 Å². The number of ketones is 1. The van der Waals surface area contributed by atoms with E-state index in [1.165, 1.54) is 17.4 Å². The molecule has 0 saturated carbocycles.